The van der Waals surface area contributed by atoms with Gasteiger partial charge in [-0.1, -0.05) is 6.07 Å². The van der Waals surface area contributed by atoms with Gasteiger partial charge in [0.1, 0.15) is 0 Å². The highest BCUT2D eigenvalue weighted by molar-refractivity contribution is 5.73. The van der Waals surface area contributed by atoms with Crippen LogP contribution < -0.4 is 20.1 Å². The second-order valence-electron chi connectivity index (χ2n) is 4.11. The number of carbonyl (C=O) groups is 1. The van der Waals surface area contributed by atoms with Crippen LogP contribution in [0.4, 0.5) is 4.79 Å². The summed E-state index contributed by atoms with van der Waals surface area (Å²) in [6.07, 6.45) is 0.744. The quantitative estimate of drug-likeness (QED) is 0.751. The maximum Gasteiger partial charge on any atom is 0.314 e. The molecule has 19 heavy (non-hydrogen) atoms. The summed E-state index contributed by atoms with van der Waals surface area (Å²) in [5, 5.41) is 5.47. The lowest BCUT2D eigenvalue weighted by atomic mass is 10.1. The van der Waals surface area contributed by atoms with Crippen LogP contribution in [-0.2, 0) is 11.2 Å². The van der Waals surface area contributed by atoms with E-state index in [1.165, 1.54) is 0 Å². The summed E-state index contributed by atoms with van der Waals surface area (Å²) in [5.74, 6) is 1.54. The molecule has 0 atom stereocenters. The fraction of sp³-hybridized carbons (Fsp3) is 0.462. The average Bonchev–Trinajstić information content (AvgIpc) is 2.86. The van der Waals surface area contributed by atoms with E-state index in [0.29, 0.717) is 19.7 Å². The molecule has 0 bridgehead atoms. The zero-order valence-electron chi connectivity index (χ0n) is 10.9. The number of hydrogen-bond acceptors (Lipinski definition) is 4. The third kappa shape index (κ3) is 4.03. The lowest BCUT2D eigenvalue weighted by Gasteiger charge is -2.07. The molecule has 6 heteroatoms. The largest absolute Gasteiger partial charge is 0.454 e. The SMILES string of the molecule is COCCNC(=O)NCCc1ccc2c(c1)OCO2. The second kappa shape index (κ2) is 6.84. The zero-order valence-corrected chi connectivity index (χ0v) is 10.9. The van der Waals surface area contributed by atoms with Gasteiger partial charge in [-0.15, -0.1) is 0 Å². The number of benzene rings is 1. The van der Waals surface area contributed by atoms with Crippen LogP contribution in [-0.4, -0.2) is 39.6 Å². The minimum Gasteiger partial charge on any atom is -0.454 e. The van der Waals surface area contributed by atoms with E-state index in [1.54, 1.807) is 7.11 Å². The van der Waals surface area contributed by atoms with Crippen molar-refractivity contribution >= 4 is 6.03 Å². The summed E-state index contributed by atoms with van der Waals surface area (Å²) >= 11 is 0. The maximum absolute atomic E-state index is 11.4. The van der Waals surface area contributed by atoms with Crippen molar-refractivity contribution in [1.82, 2.24) is 10.6 Å². The lowest BCUT2D eigenvalue weighted by molar-refractivity contribution is 0.174. The number of rotatable bonds is 6. The Morgan fingerprint density at radius 1 is 1.26 bits per heavy atom. The predicted molar refractivity (Wildman–Crippen MR) is 69.5 cm³/mol. The maximum atomic E-state index is 11.4. The van der Waals surface area contributed by atoms with Crippen LogP contribution in [0.1, 0.15) is 5.56 Å². The molecule has 1 aliphatic heterocycles. The molecule has 1 aromatic carbocycles. The Labute approximate surface area is 112 Å². The number of carbonyl (C=O) groups excluding carboxylic acids is 1. The molecule has 0 saturated carbocycles. The molecule has 6 nitrogen and oxygen atoms in total. The molecule has 104 valence electrons. The molecule has 0 spiro atoms. The minimum atomic E-state index is -0.183. The summed E-state index contributed by atoms with van der Waals surface area (Å²) in [6.45, 7) is 1.86. The van der Waals surface area contributed by atoms with E-state index in [2.05, 4.69) is 10.6 Å². The van der Waals surface area contributed by atoms with Gasteiger partial charge in [0.05, 0.1) is 6.61 Å². The predicted octanol–water partition coefficient (Wildman–Crippen LogP) is 0.903. The lowest BCUT2D eigenvalue weighted by Crippen LogP contribution is -2.38. The topological polar surface area (TPSA) is 68.8 Å². The first-order valence-electron chi connectivity index (χ1n) is 6.19. The standard InChI is InChI=1S/C13H18N2O4/c1-17-7-6-15-13(16)14-5-4-10-2-3-11-12(8-10)19-9-18-11/h2-3,8H,4-7,9H2,1H3,(H2,14,15,16). The highest BCUT2D eigenvalue weighted by Crippen LogP contribution is 2.32. The third-order valence-electron chi connectivity index (χ3n) is 2.73. The van der Waals surface area contributed by atoms with Gasteiger partial charge in [-0.05, 0) is 24.1 Å². The highest BCUT2D eigenvalue weighted by Gasteiger charge is 2.12. The molecule has 1 aliphatic rings. The number of ether oxygens (including phenoxy) is 3. The summed E-state index contributed by atoms with van der Waals surface area (Å²) in [7, 11) is 1.60. The third-order valence-corrected chi connectivity index (χ3v) is 2.73. The summed E-state index contributed by atoms with van der Waals surface area (Å²) in [4.78, 5) is 11.4. The summed E-state index contributed by atoms with van der Waals surface area (Å²) < 4.78 is 15.4. The van der Waals surface area contributed by atoms with E-state index < -0.39 is 0 Å². The fourth-order valence-corrected chi connectivity index (χ4v) is 1.75. The number of hydrogen-bond donors (Lipinski definition) is 2. The number of urea groups is 1. The van der Waals surface area contributed by atoms with Crippen molar-refractivity contribution < 1.29 is 19.0 Å². The molecule has 0 aliphatic carbocycles. The van der Waals surface area contributed by atoms with Crippen LogP contribution in [0.25, 0.3) is 0 Å². The van der Waals surface area contributed by atoms with Crippen LogP contribution in [0.2, 0.25) is 0 Å². The number of amides is 2. The molecule has 1 aromatic rings. The van der Waals surface area contributed by atoms with Crippen LogP contribution >= 0.6 is 0 Å². The van der Waals surface area contributed by atoms with Crippen LogP contribution in [0, 0.1) is 0 Å². The Bertz CT molecular complexity index is 437. The Morgan fingerprint density at radius 3 is 2.89 bits per heavy atom. The normalized spacial score (nSPS) is 12.3. The first-order chi connectivity index (χ1) is 9.29. The highest BCUT2D eigenvalue weighted by atomic mass is 16.7. The molecule has 2 N–H and O–H groups in total. The van der Waals surface area contributed by atoms with Gasteiger partial charge in [-0.3, -0.25) is 0 Å². The Morgan fingerprint density at radius 2 is 2.05 bits per heavy atom. The van der Waals surface area contributed by atoms with E-state index in [0.717, 1.165) is 23.5 Å². The first kappa shape index (κ1) is 13.5. The van der Waals surface area contributed by atoms with E-state index >= 15 is 0 Å². The Balaban J connectivity index is 1.69. The average molecular weight is 266 g/mol. The van der Waals surface area contributed by atoms with E-state index in [9.17, 15) is 4.79 Å². The molecule has 0 radical (unpaired) electrons. The van der Waals surface area contributed by atoms with E-state index in [4.69, 9.17) is 14.2 Å². The smallest absolute Gasteiger partial charge is 0.314 e. The number of nitrogens with one attached hydrogen (secondary N) is 2. The molecule has 2 amide bonds. The van der Waals surface area contributed by atoms with Gasteiger partial charge in [-0.2, -0.15) is 0 Å². The van der Waals surface area contributed by atoms with E-state index in [-0.39, 0.29) is 12.8 Å². The summed E-state index contributed by atoms with van der Waals surface area (Å²) in [6, 6.07) is 5.61. The molecular formula is C13H18N2O4. The summed E-state index contributed by atoms with van der Waals surface area (Å²) in [5.41, 5.74) is 1.10. The molecule has 0 unspecified atom stereocenters. The Kier molecular flexibility index (Phi) is 4.85. The molecule has 0 saturated heterocycles. The van der Waals surface area contributed by atoms with Gasteiger partial charge < -0.3 is 24.8 Å². The van der Waals surface area contributed by atoms with Crippen LogP contribution in [0.3, 0.4) is 0 Å². The first-order valence-corrected chi connectivity index (χ1v) is 6.19. The van der Waals surface area contributed by atoms with Crippen molar-refractivity contribution in [2.75, 3.05) is 33.6 Å². The van der Waals surface area contributed by atoms with Crippen molar-refractivity contribution in [2.24, 2.45) is 0 Å². The van der Waals surface area contributed by atoms with Gasteiger partial charge >= 0.3 is 6.03 Å². The van der Waals surface area contributed by atoms with Gasteiger partial charge in [0, 0.05) is 20.2 Å². The Hall–Kier alpha value is -1.95. The fourth-order valence-electron chi connectivity index (χ4n) is 1.75. The number of fused-ring (bicyclic) bond motifs is 1. The molecule has 1 heterocycles. The van der Waals surface area contributed by atoms with Crippen molar-refractivity contribution in [1.29, 1.82) is 0 Å². The van der Waals surface area contributed by atoms with Crippen molar-refractivity contribution in [3.05, 3.63) is 23.8 Å². The molecule has 2 rings (SSSR count). The molecule has 0 aromatic heterocycles. The second-order valence-corrected chi connectivity index (χ2v) is 4.11. The van der Waals surface area contributed by atoms with Crippen LogP contribution in [0.15, 0.2) is 18.2 Å². The van der Waals surface area contributed by atoms with Crippen molar-refractivity contribution in [3.63, 3.8) is 0 Å². The van der Waals surface area contributed by atoms with Crippen molar-refractivity contribution in [2.45, 2.75) is 6.42 Å². The van der Waals surface area contributed by atoms with Gasteiger partial charge in [0.15, 0.2) is 11.5 Å². The number of methoxy groups -OCH3 is 1. The van der Waals surface area contributed by atoms with E-state index in [1.807, 2.05) is 18.2 Å². The minimum absolute atomic E-state index is 0.183. The van der Waals surface area contributed by atoms with Gasteiger partial charge in [0.25, 0.3) is 0 Å². The monoisotopic (exact) mass is 266 g/mol. The van der Waals surface area contributed by atoms with Crippen LogP contribution in [0.5, 0.6) is 11.5 Å². The van der Waals surface area contributed by atoms with Gasteiger partial charge in [0.2, 0.25) is 6.79 Å². The van der Waals surface area contributed by atoms with Gasteiger partial charge in [-0.25, -0.2) is 4.79 Å². The molecule has 0 fully saturated rings. The van der Waals surface area contributed by atoms with Crippen molar-refractivity contribution in [3.8, 4) is 11.5 Å². The molecular weight excluding hydrogens is 248 g/mol. The zero-order chi connectivity index (χ0) is 13.5.